The molecule has 1 aromatic heterocycles. The molecule has 0 aliphatic rings. The zero-order valence-corrected chi connectivity index (χ0v) is 16.0. The molecule has 0 saturated heterocycles. The van der Waals surface area contributed by atoms with Crippen LogP contribution in [-0.4, -0.2) is 24.2 Å². The second-order valence-electron chi connectivity index (χ2n) is 6.35. The first kappa shape index (κ1) is 18.5. The van der Waals surface area contributed by atoms with Crippen LogP contribution in [0.4, 0.5) is 23.0 Å². The van der Waals surface area contributed by atoms with Crippen LogP contribution in [0.25, 0.3) is 0 Å². The molecule has 0 spiro atoms. The minimum atomic E-state index is 0.411. The maximum absolute atomic E-state index is 5.41. The lowest BCUT2D eigenvalue weighted by Crippen LogP contribution is -2.02. The quantitative estimate of drug-likeness (QED) is 0.607. The number of hydrogen-bond acceptors (Lipinski definition) is 6. The van der Waals surface area contributed by atoms with Crippen LogP contribution in [0.2, 0.25) is 0 Å². The average molecular weight is 364 g/mol. The molecule has 0 atom stereocenters. The molecule has 27 heavy (non-hydrogen) atoms. The molecule has 0 amide bonds. The van der Waals surface area contributed by atoms with Crippen LogP contribution in [-0.2, 0) is 0 Å². The van der Waals surface area contributed by atoms with Crippen LogP contribution in [0.1, 0.15) is 25.3 Å². The number of hydrogen-bond donors (Lipinski definition) is 2. The van der Waals surface area contributed by atoms with Crippen LogP contribution < -0.4 is 20.1 Å². The lowest BCUT2D eigenvalue weighted by atomic mass is 10.0. The standard InChI is InChI=1S/C21H24N4O2/c1-14(2)16-7-5-6-8-17(16)24-20-12-21(23-13-22-20)25-18-11-15(26-3)9-10-19(18)27-4/h5-14H,1-4H3,(H2,22,23,24,25). The van der Waals surface area contributed by atoms with E-state index in [1.807, 2.05) is 36.4 Å². The Labute approximate surface area is 159 Å². The zero-order chi connectivity index (χ0) is 19.2. The van der Waals surface area contributed by atoms with Gasteiger partial charge in [0.05, 0.1) is 19.9 Å². The van der Waals surface area contributed by atoms with Crippen molar-refractivity contribution in [3.8, 4) is 11.5 Å². The normalized spacial score (nSPS) is 10.6. The van der Waals surface area contributed by atoms with Crippen molar-refractivity contribution in [2.24, 2.45) is 0 Å². The van der Waals surface area contributed by atoms with Gasteiger partial charge >= 0.3 is 0 Å². The molecule has 0 aliphatic heterocycles. The molecular weight excluding hydrogens is 340 g/mol. The molecule has 1 heterocycles. The Bertz CT molecular complexity index is 912. The molecule has 0 fully saturated rings. The van der Waals surface area contributed by atoms with E-state index in [0.29, 0.717) is 23.3 Å². The predicted molar refractivity (Wildman–Crippen MR) is 109 cm³/mol. The molecule has 2 aromatic carbocycles. The van der Waals surface area contributed by atoms with Gasteiger partial charge < -0.3 is 20.1 Å². The summed E-state index contributed by atoms with van der Waals surface area (Å²) in [4.78, 5) is 8.64. The number of aromatic nitrogens is 2. The Morgan fingerprint density at radius 3 is 2.19 bits per heavy atom. The number of rotatable bonds is 7. The summed E-state index contributed by atoms with van der Waals surface area (Å²) in [5.74, 6) is 3.21. The van der Waals surface area contributed by atoms with E-state index in [1.165, 1.54) is 11.9 Å². The highest BCUT2D eigenvalue weighted by Crippen LogP contribution is 2.32. The summed E-state index contributed by atoms with van der Waals surface area (Å²) in [7, 11) is 3.26. The molecule has 0 bridgehead atoms. The van der Waals surface area contributed by atoms with Gasteiger partial charge in [-0.2, -0.15) is 0 Å². The predicted octanol–water partition coefficient (Wildman–Crippen LogP) is 5.10. The second-order valence-corrected chi connectivity index (χ2v) is 6.35. The lowest BCUT2D eigenvalue weighted by molar-refractivity contribution is 0.405. The van der Waals surface area contributed by atoms with E-state index in [0.717, 1.165) is 17.1 Å². The molecule has 2 N–H and O–H groups in total. The SMILES string of the molecule is COc1ccc(OC)c(Nc2cc(Nc3ccccc3C(C)C)ncn2)c1. The lowest BCUT2D eigenvalue weighted by Gasteiger charge is -2.15. The molecule has 140 valence electrons. The minimum absolute atomic E-state index is 0.411. The van der Waals surface area contributed by atoms with Crippen molar-refractivity contribution in [2.45, 2.75) is 19.8 Å². The average Bonchev–Trinajstić information content (AvgIpc) is 2.68. The Balaban J connectivity index is 1.85. The molecule has 3 aromatic rings. The molecule has 0 saturated carbocycles. The highest BCUT2D eigenvalue weighted by Gasteiger charge is 2.09. The Morgan fingerprint density at radius 1 is 0.815 bits per heavy atom. The van der Waals surface area contributed by atoms with Crippen molar-refractivity contribution >= 4 is 23.0 Å². The van der Waals surface area contributed by atoms with Crippen molar-refractivity contribution in [3.05, 3.63) is 60.4 Å². The van der Waals surface area contributed by atoms with E-state index >= 15 is 0 Å². The Kier molecular flexibility index (Phi) is 5.76. The van der Waals surface area contributed by atoms with E-state index in [4.69, 9.17) is 9.47 Å². The second kappa shape index (κ2) is 8.40. The maximum atomic E-state index is 5.41. The van der Waals surface area contributed by atoms with E-state index in [9.17, 15) is 0 Å². The van der Waals surface area contributed by atoms with Crippen LogP contribution in [0.15, 0.2) is 54.9 Å². The fraction of sp³-hybridized carbons (Fsp3) is 0.238. The molecule has 6 nitrogen and oxygen atoms in total. The first-order valence-corrected chi connectivity index (χ1v) is 8.77. The number of nitrogens with zero attached hydrogens (tertiary/aromatic N) is 2. The molecule has 3 rings (SSSR count). The van der Waals surface area contributed by atoms with Gasteiger partial charge in [-0.15, -0.1) is 0 Å². The number of anilines is 4. The Hall–Kier alpha value is -3.28. The van der Waals surface area contributed by atoms with Gasteiger partial charge in [-0.3, -0.25) is 0 Å². The topological polar surface area (TPSA) is 68.3 Å². The summed E-state index contributed by atoms with van der Waals surface area (Å²) >= 11 is 0. The summed E-state index contributed by atoms with van der Waals surface area (Å²) in [5, 5.41) is 6.65. The van der Waals surface area contributed by atoms with Gasteiger partial charge in [-0.1, -0.05) is 32.0 Å². The van der Waals surface area contributed by atoms with Crippen LogP contribution in [0.3, 0.4) is 0 Å². The van der Waals surface area contributed by atoms with E-state index in [2.05, 4.69) is 46.6 Å². The van der Waals surface area contributed by atoms with Gasteiger partial charge in [0, 0.05) is 17.8 Å². The summed E-state index contributed by atoms with van der Waals surface area (Å²) < 4.78 is 10.7. The third-order valence-electron chi connectivity index (χ3n) is 4.18. The number of ether oxygens (including phenoxy) is 2. The first-order valence-electron chi connectivity index (χ1n) is 8.77. The largest absolute Gasteiger partial charge is 0.497 e. The molecule has 0 radical (unpaired) electrons. The van der Waals surface area contributed by atoms with E-state index in [1.54, 1.807) is 14.2 Å². The van der Waals surface area contributed by atoms with Gasteiger partial charge in [0.25, 0.3) is 0 Å². The van der Waals surface area contributed by atoms with Crippen molar-refractivity contribution in [3.63, 3.8) is 0 Å². The van der Waals surface area contributed by atoms with Gasteiger partial charge in [0.2, 0.25) is 0 Å². The number of nitrogens with one attached hydrogen (secondary N) is 2. The Morgan fingerprint density at radius 2 is 1.52 bits per heavy atom. The summed E-state index contributed by atoms with van der Waals surface area (Å²) in [6.45, 7) is 4.34. The van der Waals surface area contributed by atoms with Crippen molar-refractivity contribution in [1.82, 2.24) is 9.97 Å². The number of methoxy groups -OCH3 is 2. The zero-order valence-electron chi connectivity index (χ0n) is 16.0. The van der Waals surface area contributed by atoms with Crippen molar-refractivity contribution < 1.29 is 9.47 Å². The smallest absolute Gasteiger partial charge is 0.142 e. The van der Waals surface area contributed by atoms with Crippen molar-refractivity contribution in [2.75, 3.05) is 24.9 Å². The highest BCUT2D eigenvalue weighted by atomic mass is 16.5. The van der Waals surface area contributed by atoms with E-state index < -0.39 is 0 Å². The fourth-order valence-corrected chi connectivity index (χ4v) is 2.80. The molecule has 6 heteroatoms. The van der Waals surface area contributed by atoms with Crippen LogP contribution in [0.5, 0.6) is 11.5 Å². The maximum Gasteiger partial charge on any atom is 0.142 e. The monoisotopic (exact) mass is 364 g/mol. The first-order chi connectivity index (χ1) is 13.1. The fourth-order valence-electron chi connectivity index (χ4n) is 2.80. The van der Waals surface area contributed by atoms with Crippen LogP contribution in [0, 0.1) is 0 Å². The third kappa shape index (κ3) is 4.47. The highest BCUT2D eigenvalue weighted by molar-refractivity contribution is 5.69. The van der Waals surface area contributed by atoms with Gasteiger partial charge in [0.15, 0.2) is 0 Å². The van der Waals surface area contributed by atoms with Gasteiger partial charge in [0.1, 0.15) is 29.5 Å². The number of para-hydroxylation sites is 1. The number of benzene rings is 2. The summed E-state index contributed by atoms with van der Waals surface area (Å²) in [5.41, 5.74) is 3.04. The molecule has 0 aliphatic carbocycles. The molecular formula is C21H24N4O2. The summed E-state index contributed by atoms with van der Waals surface area (Å²) in [6, 6.07) is 15.6. The van der Waals surface area contributed by atoms with Gasteiger partial charge in [-0.05, 0) is 29.7 Å². The third-order valence-corrected chi connectivity index (χ3v) is 4.18. The van der Waals surface area contributed by atoms with Gasteiger partial charge in [-0.25, -0.2) is 9.97 Å². The van der Waals surface area contributed by atoms with Crippen LogP contribution >= 0.6 is 0 Å². The van der Waals surface area contributed by atoms with E-state index in [-0.39, 0.29) is 0 Å². The minimum Gasteiger partial charge on any atom is -0.497 e. The van der Waals surface area contributed by atoms with Crippen molar-refractivity contribution in [1.29, 1.82) is 0 Å². The molecule has 0 unspecified atom stereocenters. The summed E-state index contributed by atoms with van der Waals surface area (Å²) in [6.07, 6.45) is 1.52.